The van der Waals surface area contributed by atoms with Crippen molar-refractivity contribution in [2.24, 2.45) is 5.92 Å². The van der Waals surface area contributed by atoms with Gasteiger partial charge in [0.25, 0.3) is 0 Å². The third kappa shape index (κ3) is 3.88. The molecule has 1 saturated carbocycles. The molecule has 0 saturated heterocycles. The molecule has 1 atom stereocenters. The number of carbonyl (C=O) groups excluding carboxylic acids is 2. The molecule has 0 spiro atoms. The van der Waals surface area contributed by atoms with Gasteiger partial charge in [-0.15, -0.1) is 11.8 Å². The highest BCUT2D eigenvalue weighted by Crippen LogP contribution is 2.34. The largest absolute Gasteiger partial charge is 0.356 e. The zero-order valence-corrected chi connectivity index (χ0v) is 13.5. The van der Waals surface area contributed by atoms with Crippen LogP contribution in [0, 0.1) is 5.92 Å². The number of hydrogen-bond acceptors (Lipinski definition) is 4. The van der Waals surface area contributed by atoms with Crippen molar-refractivity contribution < 1.29 is 9.59 Å². The number of Topliss-reactive ketones (excluding diaryl/α,β-unsaturated/α-hetero) is 1. The number of hydrogen-bond donors (Lipinski definition) is 1. The Morgan fingerprint density at radius 1 is 1.32 bits per heavy atom. The van der Waals surface area contributed by atoms with Gasteiger partial charge >= 0.3 is 0 Å². The van der Waals surface area contributed by atoms with Crippen LogP contribution in [-0.4, -0.2) is 28.5 Å². The first-order valence-corrected chi connectivity index (χ1v) is 8.99. The van der Waals surface area contributed by atoms with Crippen LogP contribution >= 0.6 is 11.8 Å². The number of thioether (sulfide) groups is 1. The zero-order valence-electron chi connectivity index (χ0n) is 12.7. The van der Waals surface area contributed by atoms with Crippen LogP contribution in [0.2, 0.25) is 0 Å². The van der Waals surface area contributed by atoms with E-state index in [4.69, 9.17) is 0 Å². The first-order chi connectivity index (χ1) is 10.7. The second-order valence-corrected chi connectivity index (χ2v) is 7.49. The van der Waals surface area contributed by atoms with Crippen LogP contribution < -0.4 is 5.32 Å². The van der Waals surface area contributed by atoms with Gasteiger partial charge in [0.05, 0.1) is 5.25 Å². The third-order valence-electron chi connectivity index (χ3n) is 4.55. The van der Waals surface area contributed by atoms with Gasteiger partial charge < -0.3 is 5.32 Å². The maximum Gasteiger partial charge on any atom is 0.221 e. The number of nitrogens with one attached hydrogen (secondary N) is 1. The number of fused-ring (bicyclic) bond motifs is 1. The van der Waals surface area contributed by atoms with E-state index in [2.05, 4.69) is 10.3 Å². The number of amides is 1. The maximum atomic E-state index is 12.2. The molecule has 2 aliphatic rings. The number of ketones is 1. The lowest BCUT2D eigenvalue weighted by Gasteiger charge is -2.24. The normalized spacial score (nSPS) is 22.2. The van der Waals surface area contributed by atoms with Crippen LogP contribution in [0.3, 0.4) is 0 Å². The van der Waals surface area contributed by atoms with Crippen LogP contribution in [0.5, 0.6) is 0 Å². The summed E-state index contributed by atoms with van der Waals surface area (Å²) in [6, 6.07) is 1.89. The van der Waals surface area contributed by atoms with E-state index in [1.807, 2.05) is 6.07 Å². The lowest BCUT2D eigenvalue weighted by molar-refractivity contribution is -0.125. The van der Waals surface area contributed by atoms with Crippen LogP contribution in [0.15, 0.2) is 23.4 Å². The highest BCUT2D eigenvalue weighted by Gasteiger charge is 2.29. The minimum Gasteiger partial charge on any atom is -0.356 e. The Morgan fingerprint density at radius 2 is 2.14 bits per heavy atom. The summed E-state index contributed by atoms with van der Waals surface area (Å²) < 4.78 is 0. The Labute approximate surface area is 135 Å². The molecule has 22 heavy (non-hydrogen) atoms. The fourth-order valence-electron chi connectivity index (χ4n) is 3.23. The van der Waals surface area contributed by atoms with E-state index in [9.17, 15) is 9.59 Å². The van der Waals surface area contributed by atoms with Gasteiger partial charge in [0, 0.05) is 36.7 Å². The molecule has 0 aromatic carbocycles. The van der Waals surface area contributed by atoms with Crippen molar-refractivity contribution in [3.05, 3.63) is 24.0 Å². The second kappa shape index (κ2) is 7.27. The van der Waals surface area contributed by atoms with Crippen LogP contribution in [-0.2, 0) is 16.0 Å². The van der Waals surface area contributed by atoms with E-state index < -0.39 is 0 Å². The minimum absolute atomic E-state index is 0.00348. The molecule has 3 rings (SSSR count). The van der Waals surface area contributed by atoms with Gasteiger partial charge in [0.1, 0.15) is 0 Å². The van der Waals surface area contributed by atoms with Crippen LogP contribution in [0.1, 0.15) is 44.1 Å². The molecular weight excluding hydrogens is 296 g/mol. The number of aromatic nitrogens is 1. The lowest BCUT2D eigenvalue weighted by atomic mass is 9.89. The second-order valence-electron chi connectivity index (χ2n) is 6.25. The molecule has 1 fully saturated rings. The summed E-state index contributed by atoms with van der Waals surface area (Å²) in [5.74, 6) is 0.776. The molecule has 118 valence electrons. The smallest absolute Gasteiger partial charge is 0.221 e. The predicted octanol–water partition coefficient (Wildman–Crippen LogP) is 2.75. The first kappa shape index (κ1) is 15.5. The van der Waals surface area contributed by atoms with Gasteiger partial charge in [-0.2, -0.15) is 0 Å². The SMILES string of the molecule is O=C(CC1Sc2cnccc2CC1=O)NCC1CCCCC1. The lowest BCUT2D eigenvalue weighted by Crippen LogP contribution is -2.35. The third-order valence-corrected chi connectivity index (χ3v) is 5.88. The van der Waals surface area contributed by atoms with Gasteiger partial charge in [-0.3, -0.25) is 14.6 Å². The molecule has 1 aliphatic heterocycles. The maximum absolute atomic E-state index is 12.2. The number of nitrogens with zero attached hydrogens (tertiary/aromatic N) is 1. The molecule has 1 aromatic heterocycles. The molecule has 0 radical (unpaired) electrons. The van der Waals surface area contributed by atoms with Crippen molar-refractivity contribution in [3.63, 3.8) is 0 Å². The van der Waals surface area contributed by atoms with Crippen LogP contribution in [0.25, 0.3) is 0 Å². The Balaban J connectivity index is 1.50. The molecule has 4 nitrogen and oxygen atoms in total. The monoisotopic (exact) mass is 318 g/mol. The Bertz CT molecular complexity index is 555. The molecule has 1 amide bonds. The van der Waals surface area contributed by atoms with Crippen LogP contribution in [0.4, 0.5) is 0 Å². The number of pyridine rings is 1. The topological polar surface area (TPSA) is 59.1 Å². The summed E-state index contributed by atoms with van der Waals surface area (Å²) in [7, 11) is 0. The summed E-state index contributed by atoms with van der Waals surface area (Å²) in [5, 5.41) is 2.76. The number of carbonyl (C=O) groups is 2. The highest BCUT2D eigenvalue weighted by molar-refractivity contribution is 8.00. The molecule has 1 aromatic rings. The summed E-state index contributed by atoms with van der Waals surface area (Å²) in [4.78, 5) is 29.4. The van der Waals surface area contributed by atoms with E-state index in [0.717, 1.165) is 17.0 Å². The van der Waals surface area contributed by atoms with Gasteiger partial charge in [0.2, 0.25) is 5.91 Å². The van der Waals surface area contributed by atoms with Gasteiger partial charge in [-0.25, -0.2) is 0 Å². The molecule has 1 aliphatic carbocycles. The molecule has 1 unspecified atom stereocenters. The molecule has 0 bridgehead atoms. The van der Waals surface area contributed by atoms with Gasteiger partial charge in [-0.1, -0.05) is 19.3 Å². The molecule has 1 N–H and O–H groups in total. The van der Waals surface area contributed by atoms with Crippen molar-refractivity contribution in [3.8, 4) is 0 Å². The van der Waals surface area contributed by atoms with E-state index in [1.165, 1.54) is 43.9 Å². The van der Waals surface area contributed by atoms with Crippen molar-refractivity contribution in [1.82, 2.24) is 10.3 Å². The first-order valence-electron chi connectivity index (χ1n) is 8.11. The molecule has 2 heterocycles. The van der Waals surface area contributed by atoms with E-state index >= 15 is 0 Å². The van der Waals surface area contributed by atoms with Crippen molar-refractivity contribution in [2.45, 2.75) is 55.1 Å². The summed E-state index contributed by atoms with van der Waals surface area (Å²) in [5.41, 5.74) is 1.03. The molecular formula is C17H22N2O2S. The van der Waals surface area contributed by atoms with E-state index in [0.29, 0.717) is 12.3 Å². The van der Waals surface area contributed by atoms with Gasteiger partial charge in [-0.05, 0) is 30.4 Å². The summed E-state index contributed by atoms with van der Waals surface area (Å²) in [6.45, 7) is 0.766. The predicted molar refractivity (Wildman–Crippen MR) is 86.8 cm³/mol. The average Bonchev–Trinajstić information content (AvgIpc) is 2.55. The van der Waals surface area contributed by atoms with Crippen molar-refractivity contribution in [1.29, 1.82) is 0 Å². The van der Waals surface area contributed by atoms with Crippen molar-refractivity contribution >= 4 is 23.5 Å². The fraction of sp³-hybridized carbons (Fsp3) is 0.588. The van der Waals surface area contributed by atoms with Crippen molar-refractivity contribution in [2.75, 3.05) is 6.54 Å². The minimum atomic E-state index is -0.261. The Hall–Kier alpha value is -1.36. The Morgan fingerprint density at radius 3 is 2.95 bits per heavy atom. The number of rotatable bonds is 4. The zero-order chi connectivity index (χ0) is 15.4. The molecule has 5 heteroatoms. The quantitative estimate of drug-likeness (QED) is 0.927. The Kier molecular flexibility index (Phi) is 5.13. The summed E-state index contributed by atoms with van der Waals surface area (Å²) >= 11 is 1.48. The van der Waals surface area contributed by atoms with E-state index in [-0.39, 0.29) is 23.4 Å². The highest BCUT2D eigenvalue weighted by atomic mass is 32.2. The van der Waals surface area contributed by atoms with E-state index in [1.54, 1.807) is 12.4 Å². The van der Waals surface area contributed by atoms with Gasteiger partial charge in [0.15, 0.2) is 5.78 Å². The standard InChI is InChI=1S/C17H22N2O2S/c20-14-8-13-6-7-18-11-16(13)22-15(14)9-17(21)19-10-12-4-2-1-3-5-12/h6-7,11-12,15H,1-5,8-10H2,(H,19,21). The average molecular weight is 318 g/mol. The fourth-order valence-corrected chi connectivity index (χ4v) is 4.40. The summed E-state index contributed by atoms with van der Waals surface area (Å²) in [6.07, 6.45) is 10.5.